The molecule has 3 aliphatic rings. The van der Waals surface area contributed by atoms with Gasteiger partial charge in [0.25, 0.3) is 5.91 Å². The lowest BCUT2D eigenvalue weighted by Crippen LogP contribution is -2.50. The molecule has 1 amide bonds. The number of ketones is 1. The van der Waals surface area contributed by atoms with Crippen molar-refractivity contribution in [3.8, 4) is 5.75 Å². The minimum absolute atomic E-state index is 0.0347. The molecule has 156 valence electrons. The fourth-order valence-corrected chi connectivity index (χ4v) is 4.97. The van der Waals surface area contributed by atoms with Gasteiger partial charge in [0.1, 0.15) is 12.0 Å². The van der Waals surface area contributed by atoms with Gasteiger partial charge in [-0.05, 0) is 37.0 Å². The van der Waals surface area contributed by atoms with E-state index in [0.29, 0.717) is 25.6 Å². The fourth-order valence-electron chi connectivity index (χ4n) is 4.97. The zero-order chi connectivity index (χ0) is 21.0. The quantitative estimate of drug-likeness (QED) is 0.776. The Labute approximate surface area is 172 Å². The second-order valence-corrected chi connectivity index (χ2v) is 8.24. The first kappa shape index (κ1) is 19.0. The number of hydrogen-bond acceptors (Lipinski definition) is 5. The van der Waals surface area contributed by atoms with Crippen LogP contribution in [0.15, 0.2) is 35.3 Å². The van der Waals surface area contributed by atoms with Gasteiger partial charge in [0, 0.05) is 31.7 Å². The average molecular weight is 411 g/mol. The van der Waals surface area contributed by atoms with E-state index >= 15 is 0 Å². The molecule has 4 heterocycles. The van der Waals surface area contributed by atoms with Crippen molar-refractivity contribution in [2.24, 2.45) is 0 Å². The second kappa shape index (κ2) is 7.05. The van der Waals surface area contributed by atoms with Crippen molar-refractivity contribution >= 4 is 11.7 Å². The highest BCUT2D eigenvalue weighted by Gasteiger charge is 2.48. The zero-order valence-electron chi connectivity index (χ0n) is 16.4. The SMILES string of the molecule is O=C(CCc1ccc(F)cc1)c1cn2c(c(O)c1=O)C(=O)N1C[C@H]3CCCN3[C@@H]1C2. The number of carbonyl (C=O) groups is 2. The van der Waals surface area contributed by atoms with Gasteiger partial charge >= 0.3 is 0 Å². The smallest absolute Gasteiger partial charge is 0.275 e. The van der Waals surface area contributed by atoms with E-state index in [0.717, 1.165) is 24.9 Å². The molecule has 2 saturated heterocycles. The van der Waals surface area contributed by atoms with Crippen molar-refractivity contribution in [3.05, 3.63) is 63.3 Å². The van der Waals surface area contributed by atoms with Crippen LogP contribution in [0, 0.1) is 5.82 Å². The summed E-state index contributed by atoms with van der Waals surface area (Å²) in [5.41, 5.74) is -0.177. The minimum atomic E-state index is -0.808. The number of aryl methyl sites for hydroxylation is 1. The van der Waals surface area contributed by atoms with Gasteiger partial charge in [0.15, 0.2) is 17.2 Å². The first-order chi connectivity index (χ1) is 14.4. The molecule has 2 atom stereocenters. The Bertz CT molecular complexity index is 1090. The number of aromatic nitrogens is 1. The summed E-state index contributed by atoms with van der Waals surface area (Å²) >= 11 is 0. The van der Waals surface area contributed by atoms with E-state index in [1.165, 1.54) is 18.3 Å². The van der Waals surface area contributed by atoms with Crippen LogP contribution >= 0.6 is 0 Å². The number of halogens is 1. The molecule has 0 aliphatic carbocycles. The van der Waals surface area contributed by atoms with Crippen LogP contribution in [0.5, 0.6) is 5.75 Å². The number of benzene rings is 1. The van der Waals surface area contributed by atoms with Crippen molar-refractivity contribution in [3.63, 3.8) is 0 Å². The van der Waals surface area contributed by atoms with Crippen LogP contribution < -0.4 is 5.43 Å². The number of nitrogens with zero attached hydrogens (tertiary/aromatic N) is 3. The molecule has 2 fully saturated rings. The van der Waals surface area contributed by atoms with Gasteiger partial charge < -0.3 is 14.6 Å². The Balaban J connectivity index is 1.43. The third-order valence-corrected chi connectivity index (χ3v) is 6.51. The lowest BCUT2D eigenvalue weighted by atomic mass is 10.0. The van der Waals surface area contributed by atoms with Crippen molar-refractivity contribution in [2.75, 3.05) is 13.1 Å². The Morgan fingerprint density at radius 3 is 2.70 bits per heavy atom. The average Bonchev–Trinajstić information content (AvgIpc) is 3.32. The number of amides is 1. The summed E-state index contributed by atoms with van der Waals surface area (Å²) in [6.07, 6.45) is 3.85. The maximum Gasteiger partial charge on any atom is 0.275 e. The van der Waals surface area contributed by atoms with Crippen LogP contribution in [-0.4, -0.2) is 56.5 Å². The van der Waals surface area contributed by atoms with Crippen LogP contribution in [0.3, 0.4) is 0 Å². The summed E-state index contributed by atoms with van der Waals surface area (Å²) in [7, 11) is 0. The first-order valence-electron chi connectivity index (χ1n) is 10.2. The van der Waals surface area contributed by atoms with Gasteiger partial charge in [0.05, 0.1) is 12.1 Å². The molecule has 0 unspecified atom stereocenters. The molecule has 1 aromatic heterocycles. The largest absolute Gasteiger partial charge is 0.503 e. The normalized spacial score (nSPS) is 22.7. The number of fused-ring (bicyclic) bond motifs is 4. The van der Waals surface area contributed by atoms with Crippen molar-refractivity contribution in [1.82, 2.24) is 14.4 Å². The van der Waals surface area contributed by atoms with Gasteiger partial charge in [-0.15, -0.1) is 0 Å². The summed E-state index contributed by atoms with van der Waals surface area (Å²) in [4.78, 5) is 42.4. The first-order valence-corrected chi connectivity index (χ1v) is 10.2. The van der Waals surface area contributed by atoms with E-state index in [9.17, 15) is 23.9 Å². The molecular formula is C22H22FN3O4. The maximum atomic E-state index is 13.0. The zero-order valence-corrected chi connectivity index (χ0v) is 16.4. The number of pyridine rings is 1. The van der Waals surface area contributed by atoms with E-state index in [4.69, 9.17) is 0 Å². The predicted octanol–water partition coefficient (Wildman–Crippen LogP) is 1.77. The summed E-state index contributed by atoms with van der Waals surface area (Å²) in [5.74, 6) is -1.78. The van der Waals surface area contributed by atoms with E-state index in [-0.39, 0.29) is 35.6 Å². The van der Waals surface area contributed by atoms with Gasteiger partial charge in [-0.2, -0.15) is 0 Å². The number of aromatic hydroxyl groups is 1. The molecule has 7 nitrogen and oxygen atoms in total. The number of Topliss-reactive ketones (excluding diaryl/α,β-unsaturated/α-hetero) is 1. The summed E-state index contributed by atoms with van der Waals surface area (Å²) in [5, 5.41) is 10.5. The molecule has 0 spiro atoms. The lowest BCUT2D eigenvalue weighted by Gasteiger charge is -2.35. The topological polar surface area (TPSA) is 82.8 Å². The number of carbonyl (C=O) groups excluding carboxylic acids is 2. The summed E-state index contributed by atoms with van der Waals surface area (Å²) in [6, 6.07) is 6.16. The molecule has 30 heavy (non-hydrogen) atoms. The maximum absolute atomic E-state index is 13.0. The molecule has 3 aliphatic heterocycles. The fraction of sp³-hybridized carbons (Fsp3) is 0.409. The Morgan fingerprint density at radius 2 is 1.93 bits per heavy atom. The summed E-state index contributed by atoms with van der Waals surface area (Å²) < 4.78 is 14.6. The third kappa shape index (κ3) is 2.94. The molecule has 1 N–H and O–H groups in total. The minimum Gasteiger partial charge on any atom is -0.503 e. The van der Waals surface area contributed by atoms with Crippen molar-refractivity contribution in [1.29, 1.82) is 0 Å². The monoisotopic (exact) mass is 411 g/mol. The highest BCUT2D eigenvalue weighted by atomic mass is 19.1. The van der Waals surface area contributed by atoms with Gasteiger partial charge in [0.2, 0.25) is 5.43 Å². The van der Waals surface area contributed by atoms with Crippen LogP contribution in [0.4, 0.5) is 4.39 Å². The second-order valence-electron chi connectivity index (χ2n) is 8.24. The van der Waals surface area contributed by atoms with Gasteiger partial charge in [-0.1, -0.05) is 12.1 Å². The predicted molar refractivity (Wildman–Crippen MR) is 106 cm³/mol. The molecule has 2 aromatic rings. The van der Waals surface area contributed by atoms with E-state index < -0.39 is 17.0 Å². The van der Waals surface area contributed by atoms with Crippen LogP contribution in [0.1, 0.15) is 45.7 Å². The standard InChI is InChI=1S/C22H22FN3O4/c23-14-6-3-13(4-7-14)5-8-17(27)16-11-24-12-18-25-9-1-2-15(25)10-26(18)22(30)19(24)21(29)20(16)28/h3-4,6-7,11,15,18,29H,1-2,5,8-10,12H2/t15-,18+/m1/s1. The Morgan fingerprint density at radius 1 is 1.17 bits per heavy atom. The number of hydrogen-bond donors (Lipinski definition) is 1. The highest BCUT2D eigenvalue weighted by Crippen LogP contribution is 2.35. The van der Waals surface area contributed by atoms with Gasteiger partial charge in [-0.25, -0.2) is 4.39 Å². The molecule has 1 aromatic carbocycles. The van der Waals surface area contributed by atoms with Crippen LogP contribution in [0.25, 0.3) is 0 Å². The lowest BCUT2D eigenvalue weighted by molar-refractivity contribution is 0.0513. The van der Waals surface area contributed by atoms with Crippen molar-refractivity contribution < 1.29 is 19.1 Å². The molecule has 0 radical (unpaired) electrons. The summed E-state index contributed by atoms with van der Waals surface area (Å²) in [6.45, 7) is 1.95. The molecular weight excluding hydrogens is 389 g/mol. The van der Waals surface area contributed by atoms with Crippen molar-refractivity contribution in [2.45, 2.75) is 44.4 Å². The third-order valence-electron chi connectivity index (χ3n) is 6.51. The Hall–Kier alpha value is -3.00. The van der Waals surface area contributed by atoms with E-state index in [2.05, 4.69) is 4.90 Å². The van der Waals surface area contributed by atoms with Crippen LogP contribution in [-0.2, 0) is 13.0 Å². The molecule has 0 bridgehead atoms. The van der Waals surface area contributed by atoms with Crippen LogP contribution in [0.2, 0.25) is 0 Å². The molecule has 0 saturated carbocycles. The highest BCUT2D eigenvalue weighted by molar-refractivity contribution is 6.00. The molecule has 8 heteroatoms. The number of rotatable bonds is 4. The Kier molecular flexibility index (Phi) is 4.47. The van der Waals surface area contributed by atoms with E-state index in [1.54, 1.807) is 21.6 Å². The van der Waals surface area contributed by atoms with E-state index in [1.807, 2.05) is 0 Å². The van der Waals surface area contributed by atoms with Gasteiger partial charge in [-0.3, -0.25) is 19.3 Å². The molecule has 5 rings (SSSR count).